The van der Waals surface area contributed by atoms with Gasteiger partial charge in [-0.3, -0.25) is 0 Å². The Morgan fingerprint density at radius 3 is 1.56 bits per heavy atom. The number of hydrogen-bond acceptors (Lipinski definition) is 0. The summed E-state index contributed by atoms with van der Waals surface area (Å²) in [5, 5.41) is 0. The molecule has 0 aromatic heterocycles. The van der Waals surface area contributed by atoms with Crippen LogP contribution in [0.1, 0.15) is 37.5 Å². The van der Waals surface area contributed by atoms with Crippen molar-refractivity contribution in [2.24, 2.45) is 0 Å². The average molecular weight is 270 g/mol. The molecule has 0 aliphatic carbocycles. The molecule has 0 amide bonds. The van der Waals surface area contributed by atoms with Gasteiger partial charge in [-0.1, -0.05) is 26.8 Å². The van der Waals surface area contributed by atoms with Crippen LogP contribution in [0.25, 0.3) is 0 Å². The summed E-state index contributed by atoms with van der Waals surface area (Å²) in [5.74, 6) is 0. The van der Waals surface area contributed by atoms with Crippen LogP contribution in [-0.2, 0) is 17.8 Å². The highest BCUT2D eigenvalue weighted by Gasteiger charge is 2.39. The van der Waals surface area contributed by atoms with E-state index in [1.165, 1.54) is 20.8 Å². The molecule has 6 heteroatoms. The normalized spacial score (nSPS) is 13.8. The van der Waals surface area contributed by atoms with Crippen molar-refractivity contribution in [2.45, 2.75) is 38.5 Å². The van der Waals surface area contributed by atoms with Gasteiger partial charge in [0.1, 0.15) is 0 Å². The third kappa shape index (κ3) is 3.17. The molecule has 0 atom stereocenters. The predicted molar refractivity (Wildman–Crippen MR) is 55.1 cm³/mol. The monoisotopic (exact) mass is 270 g/mol. The molecule has 0 bridgehead atoms. The zero-order valence-electron chi connectivity index (χ0n) is 10.00. The number of halogens is 6. The lowest BCUT2D eigenvalue weighted by Gasteiger charge is -2.25. The molecule has 0 saturated carbocycles. The average Bonchev–Trinajstić information content (AvgIpc) is 2.12. The fourth-order valence-corrected chi connectivity index (χ4v) is 1.61. The predicted octanol–water partition coefficient (Wildman–Crippen LogP) is 5.02. The Morgan fingerprint density at radius 2 is 1.22 bits per heavy atom. The van der Waals surface area contributed by atoms with Gasteiger partial charge >= 0.3 is 12.4 Å². The first-order chi connectivity index (χ1) is 7.83. The molecule has 0 spiro atoms. The van der Waals surface area contributed by atoms with E-state index in [1.54, 1.807) is 0 Å². The van der Waals surface area contributed by atoms with E-state index < -0.39 is 28.9 Å². The molecule has 0 saturated heterocycles. The molecule has 0 aliphatic rings. The Labute approximate surface area is 101 Å². The summed E-state index contributed by atoms with van der Waals surface area (Å²) in [4.78, 5) is 0. The molecular formula is C12H12F6. The summed E-state index contributed by atoms with van der Waals surface area (Å²) in [6.45, 7) is 4.56. The van der Waals surface area contributed by atoms with E-state index in [0.717, 1.165) is 6.07 Å². The van der Waals surface area contributed by atoms with E-state index in [1.807, 2.05) is 0 Å². The van der Waals surface area contributed by atoms with Crippen molar-refractivity contribution in [1.82, 2.24) is 0 Å². The smallest absolute Gasteiger partial charge is 0.166 e. The maximum absolute atomic E-state index is 12.8. The Bertz CT molecular complexity index is 433. The third-order valence-corrected chi connectivity index (χ3v) is 2.46. The summed E-state index contributed by atoms with van der Waals surface area (Å²) in [5.41, 5.74) is -3.55. The van der Waals surface area contributed by atoms with Crippen LogP contribution in [0, 0.1) is 0 Å². The van der Waals surface area contributed by atoms with Crippen molar-refractivity contribution in [2.75, 3.05) is 0 Å². The molecule has 102 valence electrons. The van der Waals surface area contributed by atoms with Crippen molar-refractivity contribution in [3.05, 3.63) is 34.9 Å². The third-order valence-electron chi connectivity index (χ3n) is 2.46. The van der Waals surface area contributed by atoms with Crippen LogP contribution in [0.15, 0.2) is 18.2 Å². The standard InChI is InChI=1S/C12H12F6/c1-10(2,3)8-5-4-7(11(13,14)15)6-9(8)12(16,17)18/h4-6H,1-3H3. The van der Waals surface area contributed by atoms with Gasteiger partial charge in [0, 0.05) is 0 Å². The largest absolute Gasteiger partial charge is 0.416 e. The fraction of sp³-hybridized carbons (Fsp3) is 0.500. The van der Waals surface area contributed by atoms with Crippen LogP contribution in [-0.4, -0.2) is 0 Å². The van der Waals surface area contributed by atoms with Gasteiger partial charge in [-0.15, -0.1) is 0 Å². The van der Waals surface area contributed by atoms with Gasteiger partial charge in [0.25, 0.3) is 0 Å². The lowest BCUT2D eigenvalue weighted by atomic mass is 9.83. The zero-order valence-corrected chi connectivity index (χ0v) is 10.00. The molecule has 0 aliphatic heterocycles. The topological polar surface area (TPSA) is 0 Å². The molecule has 1 aromatic carbocycles. The number of hydrogen-bond donors (Lipinski definition) is 0. The minimum atomic E-state index is -4.80. The van der Waals surface area contributed by atoms with Crippen LogP contribution in [0.5, 0.6) is 0 Å². The molecular weight excluding hydrogens is 258 g/mol. The molecule has 0 unspecified atom stereocenters. The molecule has 18 heavy (non-hydrogen) atoms. The summed E-state index contributed by atoms with van der Waals surface area (Å²) < 4.78 is 75.6. The SMILES string of the molecule is CC(C)(C)c1ccc(C(F)(F)F)cc1C(F)(F)F. The maximum Gasteiger partial charge on any atom is 0.416 e. The van der Waals surface area contributed by atoms with Crippen molar-refractivity contribution in [1.29, 1.82) is 0 Å². The van der Waals surface area contributed by atoms with E-state index in [4.69, 9.17) is 0 Å². The van der Waals surface area contributed by atoms with Gasteiger partial charge in [-0.25, -0.2) is 0 Å². The van der Waals surface area contributed by atoms with Crippen molar-refractivity contribution < 1.29 is 26.3 Å². The van der Waals surface area contributed by atoms with Gasteiger partial charge in [-0.05, 0) is 23.1 Å². The Balaban J connectivity index is 3.50. The number of rotatable bonds is 0. The van der Waals surface area contributed by atoms with E-state index in [-0.39, 0.29) is 11.6 Å². The van der Waals surface area contributed by atoms with E-state index in [9.17, 15) is 26.3 Å². The summed E-state index contributed by atoms with van der Waals surface area (Å²) in [6.07, 6.45) is -9.58. The fourth-order valence-electron chi connectivity index (χ4n) is 1.61. The Morgan fingerprint density at radius 1 is 0.722 bits per heavy atom. The van der Waals surface area contributed by atoms with Gasteiger partial charge < -0.3 is 0 Å². The molecule has 0 nitrogen and oxygen atoms in total. The highest BCUT2D eigenvalue weighted by Crippen LogP contribution is 2.40. The molecule has 1 aromatic rings. The van der Waals surface area contributed by atoms with Crippen LogP contribution in [0.2, 0.25) is 0 Å². The first-order valence-corrected chi connectivity index (χ1v) is 5.12. The Kier molecular flexibility index (Phi) is 3.44. The van der Waals surface area contributed by atoms with Gasteiger partial charge in [0.15, 0.2) is 0 Å². The van der Waals surface area contributed by atoms with E-state index >= 15 is 0 Å². The van der Waals surface area contributed by atoms with Gasteiger partial charge in [0.2, 0.25) is 0 Å². The highest BCUT2D eigenvalue weighted by molar-refractivity contribution is 5.39. The maximum atomic E-state index is 12.8. The number of benzene rings is 1. The molecule has 0 heterocycles. The van der Waals surface area contributed by atoms with E-state index in [2.05, 4.69) is 0 Å². The number of alkyl halides is 6. The molecule has 0 N–H and O–H groups in total. The van der Waals surface area contributed by atoms with E-state index in [0.29, 0.717) is 6.07 Å². The highest BCUT2D eigenvalue weighted by atomic mass is 19.4. The summed E-state index contributed by atoms with van der Waals surface area (Å²) >= 11 is 0. The van der Waals surface area contributed by atoms with Gasteiger partial charge in [0.05, 0.1) is 11.1 Å². The quantitative estimate of drug-likeness (QED) is 0.580. The second kappa shape index (κ2) is 4.17. The first kappa shape index (κ1) is 14.9. The van der Waals surface area contributed by atoms with Crippen molar-refractivity contribution in [3.8, 4) is 0 Å². The minimum Gasteiger partial charge on any atom is -0.166 e. The molecule has 0 fully saturated rings. The van der Waals surface area contributed by atoms with Gasteiger partial charge in [-0.2, -0.15) is 26.3 Å². The molecule has 1 rings (SSSR count). The van der Waals surface area contributed by atoms with Crippen molar-refractivity contribution >= 4 is 0 Å². The zero-order chi connectivity index (χ0) is 14.4. The lowest BCUT2D eigenvalue weighted by Crippen LogP contribution is -2.21. The minimum absolute atomic E-state index is 0.150. The Hall–Kier alpha value is -1.20. The lowest BCUT2D eigenvalue weighted by molar-refractivity contribution is -0.143. The van der Waals surface area contributed by atoms with Crippen molar-refractivity contribution in [3.63, 3.8) is 0 Å². The first-order valence-electron chi connectivity index (χ1n) is 5.12. The van der Waals surface area contributed by atoms with Crippen LogP contribution < -0.4 is 0 Å². The molecule has 0 radical (unpaired) electrons. The van der Waals surface area contributed by atoms with Crippen LogP contribution in [0.3, 0.4) is 0 Å². The summed E-state index contributed by atoms with van der Waals surface area (Å²) in [6, 6.07) is 1.74. The van der Waals surface area contributed by atoms with Crippen LogP contribution in [0.4, 0.5) is 26.3 Å². The van der Waals surface area contributed by atoms with Crippen LogP contribution >= 0.6 is 0 Å². The second-order valence-electron chi connectivity index (χ2n) is 5.01. The second-order valence-corrected chi connectivity index (χ2v) is 5.01. The summed E-state index contributed by atoms with van der Waals surface area (Å²) in [7, 11) is 0.